The lowest BCUT2D eigenvalue weighted by Crippen LogP contribution is -2.34. The van der Waals surface area contributed by atoms with Crippen molar-refractivity contribution in [3.8, 4) is 11.9 Å². The Hall–Kier alpha value is -1.63. The molecular weight excluding hydrogens is 250 g/mol. The Morgan fingerprint density at radius 3 is 2.55 bits per heavy atom. The summed E-state index contributed by atoms with van der Waals surface area (Å²) in [5.74, 6) is 1.03. The van der Waals surface area contributed by atoms with Crippen LogP contribution in [0.5, 0.6) is 5.88 Å². The van der Waals surface area contributed by atoms with Crippen LogP contribution in [0.15, 0.2) is 0 Å². The van der Waals surface area contributed by atoms with E-state index in [1.807, 2.05) is 13.8 Å². The van der Waals surface area contributed by atoms with Gasteiger partial charge in [0.25, 0.3) is 5.88 Å². The van der Waals surface area contributed by atoms with Gasteiger partial charge in [-0.2, -0.15) is 10.4 Å². The maximum Gasteiger partial charge on any atom is 0.252 e. The van der Waals surface area contributed by atoms with Crippen molar-refractivity contribution in [2.45, 2.75) is 60.0 Å². The highest BCUT2D eigenvalue weighted by molar-refractivity contribution is 5.44. The average Bonchev–Trinajstić information content (AvgIpc) is 2.32. The molecule has 1 aliphatic carbocycles. The highest BCUT2D eigenvalue weighted by Crippen LogP contribution is 2.40. The second-order valence-corrected chi connectivity index (χ2v) is 6.86. The molecule has 4 nitrogen and oxygen atoms in total. The van der Waals surface area contributed by atoms with Gasteiger partial charge in [0.2, 0.25) is 0 Å². The van der Waals surface area contributed by atoms with E-state index >= 15 is 0 Å². The summed E-state index contributed by atoms with van der Waals surface area (Å²) in [6, 6.07) is 2.20. The molecular formula is C16H23N3O. The van der Waals surface area contributed by atoms with Gasteiger partial charge in [-0.15, -0.1) is 5.10 Å². The SMILES string of the molecule is Cc1nnc(OC2CC(C)CC(C)(C)C2)c(C#N)c1C. The second-order valence-electron chi connectivity index (χ2n) is 6.86. The summed E-state index contributed by atoms with van der Waals surface area (Å²) < 4.78 is 6.02. The van der Waals surface area contributed by atoms with Gasteiger partial charge in [0.15, 0.2) is 0 Å². The van der Waals surface area contributed by atoms with Gasteiger partial charge in [-0.3, -0.25) is 0 Å². The molecule has 1 saturated carbocycles. The van der Waals surface area contributed by atoms with Crippen molar-refractivity contribution in [3.05, 3.63) is 16.8 Å². The van der Waals surface area contributed by atoms with Gasteiger partial charge in [-0.25, -0.2) is 0 Å². The first-order valence-corrected chi connectivity index (χ1v) is 7.23. The number of aryl methyl sites for hydroxylation is 1. The molecule has 0 aliphatic heterocycles. The molecule has 2 unspecified atom stereocenters. The normalized spacial score (nSPS) is 25.0. The van der Waals surface area contributed by atoms with Gasteiger partial charge in [0.1, 0.15) is 17.7 Å². The summed E-state index contributed by atoms with van der Waals surface area (Å²) in [6.45, 7) is 10.6. The van der Waals surface area contributed by atoms with Crippen molar-refractivity contribution in [2.24, 2.45) is 11.3 Å². The number of ether oxygens (including phenoxy) is 1. The number of hydrogen-bond donors (Lipinski definition) is 0. The van der Waals surface area contributed by atoms with Crippen LogP contribution < -0.4 is 4.74 Å². The third kappa shape index (κ3) is 3.09. The second kappa shape index (κ2) is 5.40. The van der Waals surface area contributed by atoms with E-state index in [9.17, 15) is 5.26 Å². The largest absolute Gasteiger partial charge is 0.472 e. The third-order valence-electron chi connectivity index (χ3n) is 4.16. The highest BCUT2D eigenvalue weighted by atomic mass is 16.5. The summed E-state index contributed by atoms with van der Waals surface area (Å²) in [5.41, 5.74) is 2.45. The van der Waals surface area contributed by atoms with Crippen LogP contribution in [0.4, 0.5) is 0 Å². The molecule has 0 spiro atoms. The van der Waals surface area contributed by atoms with Gasteiger partial charge in [0.05, 0.1) is 5.69 Å². The molecule has 1 aromatic heterocycles. The molecule has 0 saturated heterocycles. The summed E-state index contributed by atoms with van der Waals surface area (Å²) in [6.07, 6.45) is 3.35. The minimum atomic E-state index is 0.122. The maximum absolute atomic E-state index is 9.31. The molecule has 2 rings (SSSR count). The molecule has 108 valence electrons. The molecule has 0 radical (unpaired) electrons. The number of nitriles is 1. The number of nitrogens with zero attached hydrogens (tertiary/aromatic N) is 3. The van der Waals surface area contributed by atoms with Crippen molar-refractivity contribution >= 4 is 0 Å². The first-order valence-electron chi connectivity index (χ1n) is 7.23. The predicted molar refractivity (Wildman–Crippen MR) is 77.4 cm³/mol. The lowest BCUT2D eigenvalue weighted by atomic mass is 9.71. The Kier molecular flexibility index (Phi) is 3.99. The molecule has 1 aromatic rings. The van der Waals surface area contributed by atoms with Gasteiger partial charge in [-0.05, 0) is 50.0 Å². The fourth-order valence-electron chi connectivity index (χ4n) is 3.31. The van der Waals surface area contributed by atoms with Crippen LogP contribution in [0.1, 0.15) is 56.9 Å². The van der Waals surface area contributed by atoms with Crippen LogP contribution in [0, 0.1) is 36.5 Å². The van der Waals surface area contributed by atoms with Gasteiger partial charge >= 0.3 is 0 Å². The third-order valence-corrected chi connectivity index (χ3v) is 4.16. The zero-order valence-corrected chi connectivity index (χ0v) is 13.0. The molecule has 0 N–H and O–H groups in total. The molecule has 1 fully saturated rings. The zero-order chi connectivity index (χ0) is 14.9. The number of rotatable bonds is 2. The predicted octanol–water partition coefficient (Wildman–Crippen LogP) is 3.56. The Bertz CT molecular complexity index is 545. The molecule has 1 aliphatic rings. The molecule has 2 atom stereocenters. The fraction of sp³-hybridized carbons (Fsp3) is 0.688. The lowest BCUT2D eigenvalue weighted by Gasteiger charge is -2.38. The topological polar surface area (TPSA) is 58.8 Å². The van der Waals surface area contributed by atoms with Gasteiger partial charge in [-0.1, -0.05) is 20.8 Å². The first-order chi connectivity index (χ1) is 9.32. The maximum atomic E-state index is 9.31. The summed E-state index contributed by atoms with van der Waals surface area (Å²) in [7, 11) is 0. The molecule has 20 heavy (non-hydrogen) atoms. The highest BCUT2D eigenvalue weighted by Gasteiger charge is 2.33. The van der Waals surface area contributed by atoms with Crippen LogP contribution >= 0.6 is 0 Å². The molecule has 0 amide bonds. The van der Waals surface area contributed by atoms with E-state index in [2.05, 4.69) is 37.0 Å². The van der Waals surface area contributed by atoms with Crippen molar-refractivity contribution < 1.29 is 4.74 Å². The van der Waals surface area contributed by atoms with E-state index in [4.69, 9.17) is 4.74 Å². The van der Waals surface area contributed by atoms with E-state index < -0.39 is 0 Å². The van der Waals surface area contributed by atoms with E-state index in [-0.39, 0.29) is 11.5 Å². The lowest BCUT2D eigenvalue weighted by molar-refractivity contribution is 0.0523. The van der Waals surface area contributed by atoms with Crippen molar-refractivity contribution in [2.75, 3.05) is 0 Å². The van der Waals surface area contributed by atoms with Crippen LogP contribution in [0.25, 0.3) is 0 Å². The molecule has 4 heteroatoms. The molecule has 0 bridgehead atoms. The van der Waals surface area contributed by atoms with E-state index in [1.54, 1.807) is 0 Å². The van der Waals surface area contributed by atoms with Crippen LogP contribution in [-0.4, -0.2) is 16.3 Å². The number of aromatic nitrogens is 2. The van der Waals surface area contributed by atoms with E-state index in [1.165, 1.54) is 6.42 Å². The minimum Gasteiger partial charge on any atom is -0.472 e. The van der Waals surface area contributed by atoms with E-state index in [0.717, 1.165) is 24.1 Å². The first kappa shape index (κ1) is 14.8. The molecule has 0 aromatic carbocycles. The average molecular weight is 273 g/mol. The summed E-state index contributed by atoms with van der Waals surface area (Å²) in [5, 5.41) is 17.5. The monoisotopic (exact) mass is 273 g/mol. The Balaban J connectivity index is 2.23. The quantitative estimate of drug-likeness (QED) is 0.826. The Morgan fingerprint density at radius 2 is 1.95 bits per heavy atom. The Morgan fingerprint density at radius 1 is 1.25 bits per heavy atom. The standard InChI is InChI=1S/C16H23N3O/c1-10-6-13(8-16(4,5)7-10)20-15-14(9-17)11(2)12(3)18-19-15/h10,13H,6-8H2,1-5H3. The Labute approximate surface area is 121 Å². The smallest absolute Gasteiger partial charge is 0.252 e. The summed E-state index contributed by atoms with van der Waals surface area (Å²) >= 11 is 0. The number of hydrogen-bond acceptors (Lipinski definition) is 4. The van der Waals surface area contributed by atoms with Gasteiger partial charge in [0, 0.05) is 0 Å². The zero-order valence-electron chi connectivity index (χ0n) is 13.0. The fourth-order valence-corrected chi connectivity index (χ4v) is 3.31. The van der Waals surface area contributed by atoms with E-state index in [0.29, 0.717) is 17.4 Å². The van der Waals surface area contributed by atoms with Crippen molar-refractivity contribution in [1.29, 1.82) is 5.26 Å². The van der Waals surface area contributed by atoms with Crippen molar-refractivity contribution in [3.63, 3.8) is 0 Å². The summed E-state index contributed by atoms with van der Waals surface area (Å²) in [4.78, 5) is 0. The van der Waals surface area contributed by atoms with Crippen LogP contribution in [0.2, 0.25) is 0 Å². The molecule has 1 heterocycles. The van der Waals surface area contributed by atoms with Crippen LogP contribution in [0.3, 0.4) is 0 Å². The minimum absolute atomic E-state index is 0.122. The van der Waals surface area contributed by atoms with Gasteiger partial charge < -0.3 is 4.74 Å². The van der Waals surface area contributed by atoms with Crippen molar-refractivity contribution in [1.82, 2.24) is 10.2 Å². The van der Waals surface area contributed by atoms with Crippen LogP contribution in [-0.2, 0) is 0 Å².